The first kappa shape index (κ1) is 16.8. The second-order valence-corrected chi connectivity index (χ2v) is 7.79. The van der Waals surface area contributed by atoms with E-state index in [1.54, 1.807) is 17.4 Å². The summed E-state index contributed by atoms with van der Waals surface area (Å²) in [5, 5.41) is 15.3. The number of fused-ring (bicyclic) bond motifs is 1. The summed E-state index contributed by atoms with van der Waals surface area (Å²) in [5.74, 6) is 0.0574. The van der Waals surface area contributed by atoms with Gasteiger partial charge < -0.3 is 4.42 Å². The second-order valence-electron chi connectivity index (χ2n) is 5.89. The van der Waals surface area contributed by atoms with E-state index in [0.29, 0.717) is 11.5 Å². The molecule has 0 bridgehead atoms. The van der Waals surface area contributed by atoms with Crippen LogP contribution < -0.4 is 5.32 Å². The average Bonchev–Trinajstić information content (AvgIpc) is 3.49. The van der Waals surface area contributed by atoms with Gasteiger partial charge in [0.05, 0.1) is 26.5 Å². The van der Waals surface area contributed by atoms with Crippen LogP contribution in [0, 0.1) is 0 Å². The lowest BCUT2D eigenvalue weighted by atomic mass is 10.1. The first-order valence-electron chi connectivity index (χ1n) is 8.40. The molecule has 0 aliphatic heterocycles. The van der Waals surface area contributed by atoms with Gasteiger partial charge in [-0.05, 0) is 35.0 Å². The van der Waals surface area contributed by atoms with Crippen molar-refractivity contribution in [2.75, 3.05) is 5.32 Å². The number of nitrogens with one attached hydrogen (secondary N) is 1. The topological polar surface area (TPSA) is 80.9 Å². The van der Waals surface area contributed by atoms with Gasteiger partial charge in [0.2, 0.25) is 0 Å². The Morgan fingerprint density at radius 2 is 1.71 bits per heavy atom. The largest absolute Gasteiger partial charge is 0.402 e. The third-order valence-electron chi connectivity index (χ3n) is 4.11. The molecule has 6 nitrogen and oxygen atoms in total. The van der Waals surface area contributed by atoms with E-state index < -0.39 is 0 Å². The highest BCUT2D eigenvalue weighted by molar-refractivity contribution is 7.13. The minimum Gasteiger partial charge on any atom is -0.402 e. The third kappa shape index (κ3) is 3.08. The van der Waals surface area contributed by atoms with E-state index in [2.05, 4.69) is 20.5 Å². The molecule has 0 aliphatic rings. The molecule has 0 unspecified atom stereocenters. The summed E-state index contributed by atoms with van der Waals surface area (Å²) in [6, 6.07) is 17.1. The molecule has 0 radical (unpaired) electrons. The SMILES string of the molecule is O=C(Nc1nnc(-c2cccs2)o1)c1cc(-c2cccs2)nc2ccccc12. The molecule has 4 heterocycles. The molecule has 0 atom stereocenters. The fourth-order valence-corrected chi connectivity index (χ4v) is 4.18. The van der Waals surface area contributed by atoms with Gasteiger partial charge in [-0.25, -0.2) is 4.98 Å². The number of carbonyl (C=O) groups excluding carboxylic acids is 1. The predicted octanol–water partition coefficient (Wildman–Crippen LogP) is 5.33. The highest BCUT2D eigenvalue weighted by Crippen LogP contribution is 2.29. The number of nitrogens with zero attached hydrogens (tertiary/aromatic N) is 3. The van der Waals surface area contributed by atoms with Gasteiger partial charge in [0.25, 0.3) is 11.8 Å². The quantitative estimate of drug-likeness (QED) is 0.438. The van der Waals surface area contributed by atoms with Gasteiger partial charge in [-0.1, -0.05) is 35.4 Å². The summed E-state index contributed by atoms with van der Waals surface area (Å²) in [5.41, 5.74) is 2.01. The molecule has 0 fully saturated rings. The number of aromatic nitrogens is 3. The van der Waals surface area contributed by atoms with Gasteiger partial charge in [-0.2, -0.15) is 0 Å². The van der Waals surface area contributed by atoms with Gasteiger partial charge in [-0.3, -0.25) is 10.1 Å². The molecule has 1 aromatic carbocycles. The van der Waals surface area contributed by atoms with Crippen LogP contribution in [0.25, 0.3) is 32.2 Å². The van der Waals surface area contributed by atoms with Crippen molar-refractivity contribution in [3.63, 3.8) is 0 Å². The highest BCUT2D eigenvalue weighted by atomic mass is 32.1. The smallest absolute Gasteiger partial charge is 0.322 e. The van der Waals surface area contributed by atoms with E-state index in [0.717, 1.165) is 26.4 Å². The normalized spacial score (nSPS) is 11.0. The van der Waals surface area contributed by atoms with Crippen LogP contribution in [0.1, 0.15) is 10.4 Å². The molecule has 8 heteroatoms. The van der Waals surface area contributed by atoms with Crippen molar-refractivity contribution in [2.24, 2.45) is 0 Å². The van der Waals surface area contributed by atoms with Crippen LogP contribution in [-0.2, 0) is 0 Å². The predicted molar refractivity (Wildman–Crippen MR) is 111 cm³/mol. The van der Waals surface area contributed by atoms with Gasteiger partial charge in [0.1, 0.15) is 0 Å². The van der Waals surface area contributed by atoms with Crippen molar-refractivity contribution in [3.05, 3.63) is 70.9 Å². The highest BCUT2D eigenvalue weighted by Gasteiger charge is 2.17. The number of hydrogen-bond donors (Lipinski definition) is 1. The zero-order valence-corrected chi connectivity index (χ0v) is 16.0. The molecule has 136 valence electrons. The van der Waals surface area contributed by atoms with E-state index in [1.165, 1.54) is 11.3 Å². The summed E-state index contributed by atoms with van der Waals surface area (Å²) in [6.45, 7) is 0. The second kappa shape index (κ2) is 6.99. The molecule has 5 aromatic rings. The number of hydrogen-bond acceptors (Lipinski definition) is 7. The number of amides is 1. The minimum atomic E-state index is -0.321. The number of thiophene rings is 2. The van der Waals surface area contributed by atoms with E-state index in [-0.39, 0.29) is 11.9 Å². The fraction of sp³-hybridized carbons (Fsp3) is 0. The maximum Gasteiger partial charge on any atom is 0.322 e. The Labute approximate surface area is 167 Å². The van der Waals surface area contributed by atoms with Crippen LogP contribution in [0.15, 0.2) is 69.8 Å². The Balaban J connectivity index is 1.52. The maximum atomic E-state index is 13.0. The zero-order valence-electron chi connectivity index (χ0n) is 14.3. The number of pyridine rings is 1. The lowest BCUT2D eigenvalue weighted by Crippen LogP contribution is -2.13. The summed E-state index contributed by atoms with van der Waals surface area (Å²) in [7, 11) is 0. The van der Waals surface area contributed by atoms with Crippen LogP contribution in [0.4, 0.5) is 6.01 Å². The summed E-state index contributed by atoms with van der Waals surface area (Å²) < 4.78 is 5.58. The monoisotopic (exact) mass is 404 g/mol. The zero-order chi connectivity index (χ0) is 18.9. The average molecular weight is 404 g/mol. The number of rotatable bonds is 4. The molecule has 1 N–H and O–H groups in total. The van der Waals surface area contributed by atoms with Gasteiger partial charge >= 0.3 is 6.01 Å². The lowest BCUT2D eigenvalue weighted by Gasteiger charge is -2.08. The number of anilines is 1. The molecule has 0 saturated carbocycles. The first-order chi connectivity index (χ1) is 13.8. The maximum absolute atomic E-state index is 13.0. The van der Waals surface area contributed by atoms with Crippen LogP contribution in [0.3, 0.4) is 0 Å². The van der Waals surface area contributed by atoms with Crippen LogP contribution in [-0.4, -0.2) is 21.1 Å². The Morgan fingerprint density at radius 1 is 0.929 bits per heavy atom. The molecule has 0 aliphatic carbocycles. The Morgan fingerprint density at radius 3 is 2.50 bits per heavy atom. The standard InChI is InChI=1S/C20H12N4O2S2/c25-18(22-20-24-23-19(26-20)17-8-4-10-28-17)13-11-15(16-7-3-9-27-16)21-14-6-2-1-5-12(13)14/h1-11H,(H,22,24,25). The molecule has 0 saturated heterocycles. The van der Waals surface area contributed by atoms with Crippen molar-refractivity contribution in [1.82, 2.24) is 15.2 Å². The molecule has 1 amide bonds. The lowest BCUT2D eigenvalue weighted by molar-refractivity contribution is 0.102. The molecular formula is C20H12N4O2S2. The van der Waals surface area contributed by atoms with Crippen molar-refractivity contribution >= 4 is 45.5 Å². The summed E-state index contributed by atoms with van der Waals surface area (Å²) in [6.07, 6.45) is 0. The van der Waals surface area contributed by atoms with Crippen molar-refractivity contribution in [1.29, 1.82) is 0 Å². The van der Waals surface area contributed by atoms with Gasteiger partial charge in [-0.15, -0.1) is 27.8 Å². The third-order valence-corrected chi connectivity index (χ3v) is 5.86. The van der Waals surface area contributed by atoms with E-state index in [1.807, 2.05) is 59.3 Å². The van der Waals surface area contributed by atoms with Crippen molar-refractivity contribution in [3.8, 4) is 21.3 Å². The Hall–Kier alpha value is -3.36. The van der Waals surface area contributed by atoms with Crippen molar-refractivity contribution in [2.45, 2.75) is 0 Å². The number of para-hydroxylation sites is 1. The van der Waals surface area contributed by atoms with Crippen molar-refractivity contribution < 1.29 is 9.21 Å². The summed E-state index contributed by atoms with van der Waals surface area (Å²) >= 11 is 3.07. The fourth-order valence-electron chi connectivity index (χ4n) is 2.85. The number of benzene rings is 1. The van der Waals surface area contributed by atoms with E-state index in [9.17, 15) is 4.79 Å². The van der Waals surface area contributed by atoms with Crippen LogP contribution in [0.2, 0.25) is 0 Å². The van der Waals surface area contributed by atoms with Gasteiger partial charge in [0, 0.05) is 5.39 Å². The Bertz CT molecular complexity index is 1260. The first-order valence-corrected chi connectivity index (χ1v) is 10.2. The summed E-state index contributed by atoms with van der Waals surface area (Å²) in [4.78, 5) is 19.5. The molecule has 28 heavy (non-hydrogen) atoms. The molecule has 4 aromatic heterocycles. The molecule has 5 rings (SSSR count). The molecule has 0 spiro atoms. The van der Waals surface area contributed by atoms with E-state index in [4.69, 9.17) is 4.42 Å². The van der Waals surface area contributed by atoms with Crippen LogP contribution in [0.5, 0.6) is 0 Å². The minimum absolute atomic E-state index is 0.0620. The van der Waals surface area contributed by atoms with Crippen LogP contribution >= 0.6 is 22.7 Å². The molecular weight excluding hydrogens is 392 g/mol. The Kier molecular flexibility index (Phi) is 4.19. The van der Waals surface area contributed by atoms with E-state index >= 15 is 0 Å². The van der Waals surface area contributed by atoms with Gasteiger partial charge in [0.15, 0.2) is 0 Å². The number of carbonyl (C=O) groups is 1.